The van der Waals surface area contributed by atoms with Crippen LogP contribution < -0.4 is 5.73 Å². The van der Waals surface area contributed by atoms with E-state index in [1.165, 1.54) is 0 Å². The van der Waals surface area contributed by atoms with E-state index in [0.717, 1.165) is 11.3 Å². The van der Waals surface area contributed by atoms with Gasteiger partial charge in [0.25, 0.3) is 0 Å². The minimum atomic E-state index is -0.408. The number of nitrogens with zero attached hydrogens (tertiary/aromatic N) is 2. The van der Waals surface area contributed by atoms with Crippen molar-refractivity contribution in [2.75, 3.05) is 0 Å². The largest absolute Gasteiger partial charge is 0.366 e. The standard InChI is InChI=1S/C13H15N3O/c1-9(2)16-12(7-8-15-16)10-3-5-11(6-4-10)13(14)17/h3-9H,1-2H3,(H2,14,17). The molecule has 0 saturated carbocycles. The summed E-state index contributed by atoms with van der Waals surface area (Å²) in [6.07, 6.45) is 1.78. The van der Waals surface area contributed by atoms with Crippen molar-refractivity contribution in [3.05, 3.63) is 42.1 Å². The summed E-state index contributed by atoms with van der Waals surface area (Å²) in [5, 5.41) is 4.27. The van der Waals surface area contributed by atoms with Crippen molar-refractivity contribution in [1.29, 1.82) is 0 Å². The number of carbonyl (C=O) groups excluding carboxylic acids is 1. The van der Waals surface area contributed by atoms with E-state index in [2.05, 4.69) is 18.9 Å². The quantitative estimate of drug-likeness (QED) is 0.877. The van der Waals surface area contributed by atoms with Gasteiger partial charge in [0.05, 0.1) is 5.69 Å². The van der Waals surface area contributed by atoms with Gasteiger partial charge in [0.15, 0.2) is 0 Å². The third-order valence-corrected chi connectivity index (χ3v) is 2.62. The highest BCUT2D eigenvalue weighted by atomic mass is 16.1. The van der Waals surface area contributed by atoms with Crippen molar-refractivity contribution in [2.24, 2.45) is 5.73 Å². The summed E-state index contributed by atoms with van der Waals surface area (Å²) in [6.45, 7) is 4.16. The molecule has 0 radical (unpaired) electrons. The van der Waals surface area contributed by atoms with Crippen molar-refractivity contribution < 1.29 is 4.79 Å². The van der Waals surface area contributed by atoms with Gasteiger partial charge in [0.2, 0.25) is 5.91 Å². The molecule has 4 heteroatoms. The van der Waals surface area contributed by atoms with Gasteiger partial charge < -0.3 is 5.73 Å². The lowest BCUT2D eigenvalue weighted by molar-refractivity contribution is 0.100. The molecule has 17 heavy (non-hydrogen) atoms. The highest BCUT2D eigenvalue weighted by molar-refractivity contribution is 5.93. The zero-order valence-electron chi connectivity index (χ0n) is 9.92. The lowest BCUT2D eigenvalue weighted by atomic mass is 10.1. The number of primary amides is 1. The Bertz CT molecular complexity index is 526. The van der Waals surface area contributed by atoms with Gasteiger partial charge >= 0.3 is 0 Å². The Balaban J connectivity index is 2.40. The predicted molar refractivity (Wildman–Crippen MR) is 66.6 cm³/mol. The number of carbonyl (C=O) groups is 1. The second kappa shape index (κ2) is 4.41. The molecule has 0 aliphatic rings. The molecule has 0 fully saturated rings. The second-order valence-corrected chi connectivity index (χ2v) is 4.20. The van der Waals surface area contributed by atoms with Crippen molar-refractivity contribution in [1.82, 2.24) is 9.78 Å². The Kier molecular flexibility index (Phi) is 2.95. The molecule has 2 aromatic rings. The first-order chi connectivity index (χ1) is 8.09. The highest BCUT2D eigenvalue weighted by Crippen LogP contribution is 2.22. The lowest BCUT2D eigenvalue weighted by Crippen LogP contribution is -2.10. The first kappa shape index (κ1) is 11.4. The van der Waals surface area contributed by atoms with E-state index in [1.807, 2.05) is 22.9 Å². The third kappa shape index (κ3) is 2.20. The molecular formula is C13H15N3O. The maximum Gasteiger partial charge on any atom is 0.248 e. The van der Waals surface area contributed by atoms with Gasteiger partial charge in [-0.2, -0.15) is 5.10 Å². The van der Waals surface area contributed by atoms with Gasteiger partial charge in [-0.3, -0.25) is 9.48 Å². The van der Waals surface area contributed by atoms with E-state index in [1.54, 1.807) is 18.3 Å². The van der Waals surface area contributed by atoms with Crippen LogP contribution in [0, 0.1) is 0 Å². The molecule has 1 aromatic heterocycles. The lowest BCUT2D eigenvalue weighted by Gasteiger charge is -2.11. The zero-order chi connectivity index (χ0) is 12.4. The van der Waals surface area contributed by atoms with Crippen LogP contribution in [0.25, 0.3) is 11.3 Å². The summed E-state index contributed by atoms with van der Waals surface area (Å²) in [6, 6.07) is 9.49. The molecule has 2 N–H and O–H groups in total. The molecule has 0 aliphatic carbocycles. The molecule has 4 nitrogen and oxygen atoms in total. The van der Waals surface area contributed by atoms with Crippen LogP contribution in [0.4, 0.5) is 0 Å². The van der Waals surface area contributed by atoms with E-state index in [4.69, 9.17) is 5.73 Å². The minimum Gasteiger partial charge on any atom is -0.366 e. The normalized spacial score (nSPS) is 10.8. The fourth-order valence-electron chi connectivity index (χ4n) is 1.76. The third-order valence-electron chi connectivity index (χ3n) is 2.62. The van der Waals surface area contributed by atoms with Crippen LogP contribution in [-0.4, -0.2) is 15.7 Å². The second-order valence-electron chi connectivity index (χ2n) is 4.20. The van der Waals surface area contributed by atoms with Gasteiger partial charge in [-0.25, -0.2) is 0 Å². The van der Waals surface area contributed by atoms with Crippen molar-refractivity contribution in [2.45, 2.75) is 19.9 Å². The maximum atomic E-state index is 11.0. The van der Waals surface area contributed by atoms with Crippen LogP contribution in [0.1, 0.15) is 30.2 Å². The van der Waals surface area contributed by atoms with E-state index < -0.39 is 5.91 Å². The maximum absolute atomic E-state index is 11.0. The monoisotopic (exact) mass is 229 g/mol. The highest BCUT2D eigenvalue weighted by Gasteiger charge is 2.08. The van der Waals surface area contributed by atoms with Gasteiger partial charge in [0.1, 0.15) is 0 Å². The first-order valence-electron chi connectivity index (χ1n) is 5.53. The molecule has 88 valence electrons. The zero-order valence-corrected chi connectivity index (χ0v) is 9.92. The molecule has 0 saturated heterocycles. The molecule has 1 amide bonds. The molecule has 0 aliphatic heterocycles. The summed E-state index contributed by atoms with van der Waals surface area (Å²) in [4.78, 5) is 11.0. The molecule has 1 heterocycles. The van der Waals surface area contributed by atoms with Crippen LogP contribution in [0.3, 0.4) is 0 Å². The Morgan fingerprint density at radius 2 is 1.88 bits per heavy atom. The first-order valence-corrected chi connectivity index (χ1v) is 5.53. The van der Waals surface area contributed by atoms with Crippen LogP contribution >= 0.6 is 0 Å². The number of hydrogen-bond donors (Lipinski definition) is 1. The van der Waals surface area contributed by atoms with Gasteiger partial charge in [-0.1, -0.05) is 12.1 Å². The van der Waals surface area contributed by atoms with E-state index in [-0.39, 0.29) is 0 Å². The van der Waals surface area contributed by atoms with Crippen molar-refractivity contribution >= 4 is 5.91 Å². The van der Waals surface area contributed by atoms with E-state index in [0.29, 0.717) is 11.6 Å². The summed E-state index contributed by atoms with van der Waals surface area (Å²) in [5.74, 6) is -0.408. The molecule has 1 aromatic carbocycles. The van der Waals surface area contributed by atoms with E-state index in [9.17, 15) is 4.79 Å². The smallest absolute Gasteiger partial charge is 0.248 e. The van der Waals surface area contributed by atoms with E-state index >= 15 is 0 Å². The number of benzene rings is 1. The summed E-state index contributed by atoms with van der Waals surface area (Å²) >= 11 is 0. The summed E-state index contributed by atoms with van der Waals surface area (Å²) < 4.78 is 1.94. The number of aromatic nitrogens is 2. The van der Waals surface area contributed by atoms with Crippen LogP contribution in [0.2, 0.25) is 0 Å². The SMILES string of the molecule is CC(C)n1nccc1-c1ccc(C(N)=O)cc1. The Morgan fingerprint density at radius 1 is 1.24 bits per heavy atom. The summed E-state index contributed by atoms with van der Waals surface area (Å²) in [5.41, 5.74) is 7.79. The van der Waals surface area contributed by atoms with Gasteiger partial charge in [-0.15, -0.1) is 0 Å². The van der Waals surface area contributed by atoms with Gasteiger partial charge in [0, 0.05) is 17.8 Å². The molecule has 0 bridgehead atoms. The number of nitrogens with two attached hydrogens (primary N) is 1. The average molecular weight is 229 g/mol. The number of rotatable bonds is 3. The fraction of sp³-hybridized carbons (Fsp3) is 0.231. The molecular weight excluding hydrogens is 214 g/mol. The Labute approximate surface area is 100 Å². The van der Waals surface area contributed by atoms with Gasteiger partial charge in [-0.05, 0) is 37.6 Å². The summed E-state index contributed by atoms with van der Waals surface area (Å²) in [7, 11) is 0. The molecule has 0 unspecified atom stereocenters. The number of hydrogen-bond acceptors (Lipinski definition) is 2. The Hall–Kier alpha value is -2.10. The number of amides is 1. The predicted octanol–water partition coefficient (Wildman–Crippen LogP) is 2.23. The molecule has 0 atom stereocenters. The fourth-order valence-corrected chi connectivity index (χ4v) is 1.76. The van der Waals surface area contributed by atoms with Crippen molar-refractivity contribution in [3.63, 3.8) is 0 Å². The Morgan fingerprint density at radius 3 is 2.41 bits per heavy atom. The van der Waals surface area contributed by atoms with Crippen LogP contribution in [0.15, 0.2) is 36.5 Å². The molecule has 2 rings (SSSR count). The topological polar surface area (TPSA) is 60.9 Å². The minimum absolute atomic E-state index is 0.302. The average Bonchev–Trinajstić information content (AvgIpc) is 2.78. The van der Waals surface area contributed by atoms with Crippen LogP contribution in [0.5, 0.6) is 0 Å². The molecule has 0 spiro atoms. The van der Waals surface area contributed by atoms with Crippen molar-refractivity contribution in [3.8, 4) is 11.3 Å². The van der Waals surface area contributed by atoms with Crippen LogP contribution in [-0.2, 0) is 0 Å².